The summed E-state index contributed by atoms with van der Waals surface area (Å²) in [7, 11) is -2.04. The number of benzene rings is 1. The Morgan fingerprint density at radius 1 is 1.22 bits per heavy atom. The zero-order valence-corrected chi connectivity index (χ0v) is 22.3. The number of aryl methyl sites for hydroxylation is 1. The van der Waals surface area contributed by atoms with Gasteiger partial charge in [-0.15, -0.1) is 0 Å². The first-order valence-corrected chi connectivity index (χ1v) is 14.1. The number of rotatable bonds is 9. The summed E-state index contributed by atoms with van der Waals surface area (Å²) in [6.07, 6.45) is 5.79. The van der Waals surface area contributed by atoms with Crippen molar-refractivity contribution in [2.24, 2.45) is 7.05 Å². The number of hydrogen-bond acceptors (Lipinski definition) is 9. The lowest BCUT2D eigenvalue weighted by Crippen LogP contribution is -2.16. The standard InChI is InChI=1S/C24H29ClFN7O3S/c1-13(2)37(34,35)23-20(12-33(3)32-23)29-22-17(25)11-28-24(31-22)30-19-9-18(26)16(14-6-7-27-10-14)8-21(19)36-15-4-5-15/h8-9,11-15,27H,4-7,10H2,1-3H3,(H2,28,29,30,31). The van der Waals surface area contributed by atoms with Crippen molar-refractivity contribution < 1.29 is 17.5 Å². The molecule has 2 aromatic heterocycles. The zero-order valence-electron chi connectivity index (χ0n) is 20.8. The largest absolute Gasteiger partial charge is 0.488 e. The third kappa shape index (κ3) is 5.51. The first-order chi connectivity index (χ1) is 17.6. The van der Waals surface area contributed by atoms with Crippen LogP contribution in [0.4, 0.5) is 27.5 Å². The van der Waals surface area contributed by atoms with Gasteiger partial charge in [-0.05, 0) is 51.3 Å². The fraction of sp³-hybridized carbons (Fsp3) is 0.458. The van der Waals surface area contributed by atoms with Gasteiger partial charge in [0.25, 0.3) is 0 Å². The maximum atomic E-state index is 15.1. The van der Waals surface area contributed by atoms with Gasteiger partial charge in [-0.3, -0.25) is 4.68 Å². The van der Waals surface area contributed by atoms with Crippen LogP contribution in [-0.2, 0) is 16.9 Å². The maximum absolute atomic E-state index is 15.1. The quantitative estimate of drug-likeness (QED) is 0.358. The van der Waals surface area contributed by atoms with Gasteiger partial charge in [-0.2, -0.15) is 10.1 Å². The van der Waals surface area contributed by atoms with Crippen LogP contribution in [0.3, 0.4) is 0 Å². The molecule has 10 nitrogen and oxygen atoms in total. The number of hydrogen-bond donors (Lipinski definition) is 3. The lowest BCUT2D eigenvalue weighted by molar-refractivity contribution is 0.303. The summed E-state index contributed by atoms with van der Waals surface area (Å²) < 4.78 is 48.2. The Morgan fingerprint density at radius 2 is 2.00 bits per heavy atom. The highest BCUT2D eigenvalue weighted by Crippen LogP contribution is 2.38. The monoisotopic (exact) mass is 549 g/mol. The number of nitrogens with one attached hydrogen (secondary N) is 3. The normalized spacial score (nSPS) is 17.8. The van der Waals surface area contributed by atoms with E-state index < -0.39 is 15.1 Å². The van der Waals surface area contributed by atoms with Crippen LogP contribution in [0.5, 0.6) is 5.75 Å². The minimum atomic E-state index is -3.66. The van der Waals surface area contributed by atoms with Gasteiger partial charge >= 0.3 is 0 Å². The van der Waals surface area contributed by atoms with Crippen molar-refractivity contribution in [3.63, 3.8) is 0 Å². The lowest BCUT2D eigenvalue weighted by atomic mass is 9.97. The summed E-state index contributed by atoms with van der Waals surface area (Å²) in [5.74, 6) is 0.613. The molecule has 198 valence electrons. The highest BCUT2D eigenvalue weighted by molar-refractivity contribution is 7.92. The van der Waals surface area contributed by atoms with E-state index in [1.807, 2.05) is 0 Å². The molecule has 37 heavy (non-hydrogen) atoms. The van der Waals surface area contributed by atoms with Crippen molar-refractivity contribution >= 4 is 44.6 Å². The van der Waals surface area contributed by atoms with Gasteiger partial charge in [0.2, 0.25) is 20.8 Å². The van der Waals surface area contributed by atoms with Crippen molar-refractivity contribution in [2.75, 3.05) is 23.7 Å². The third-order valence-electron chi connectivity index (χ3n) is 6.35. The second-order valence-corrected chi connectivity index (χ2v) is 12.5. The third-order valence-corrected chi connectivity index (χ3v) is 8.70. The lowest BCUT2D eigenvalue weighted by Gasteiger charge is -2.17. The summed E-state index contributed by atoms with van der Waals surface area (Å²) >= 11 is 6.33. The molecule has 1 aromatic carbocycles. The molecule has 1 unspecified atom stereocenters. The molecule has 0 bridgehead atoms. The van der Waals surface area contributed by atoms with E-state index in [9.17, 15) is 8.42 Å². The van der Waals surface area contributed by atoms with Crippen LogP contribution < -0.4 is 20.7 Å². The smallest absolute Gasteiger partial charge is 0.229 e. The molecule has 5 rings (SSSR count). The molecule has 0 spiro atoms. The van der Waals surface area contributed by atoms with Crippen LogP contribution in [0.15, 0.2) is 29.6 Å². The summed E-state index contributed by atoms with van der Waals surface area (Å²) in [5, 5.41) is 12.8. The Labute approximate surface area is 219 Å². The van der Waals surface area contributed by atoms with E-state index in [1.165, 1.54) is 23.1 Å². The Balaban J connectivity index is 1.45. The summed E-state index contributed by atoms with van der Waals surface area (Å²) in [6, 6.07) is 3.17. The molecule has 2 fully saturated rings. The van der Waals surface area contributed by atoms with E-state index in [2.05, 4.69) is 31.0 Å². The van der Waals surface area contributed by atoms with E-state index in [0.29, 0.717) is 17.0 Å². The fourth-order valence-electron chi connectivity index (χ4n) is 4.11. The number of halogens is 2. The van der Waals surface area contributed by atoms with E-state index >= 15 is 4.39 Å². The van der Waals surface area contributed by atoms with Gasteiger partial charge < -0.3 is 20.7 Å². The number of anilines is 4. The maximum Gasteiger partial charge on any atom is 0.229 e. The van der Waals surface area contributed by atoms with E-state index in [-0.39, 0.29) is 45.3 Å². The predicted octanol–water partition coefficient (Wildman–Crippen LogP) is 4.29. The first kappa shape index (κ1) is 25.7. The van der Waals surface area contributed by atoms with Crippen LogP contribution in [0, 0.1) is 5.82 Å². The van der Waals surface area contributed by atoms with Gasteiger partial charge in [0.15, 0.2) is 5.82 Å². The predicted molar refractivity (Wildman–Crippen MR) is 139 cm³/mol. The van der Waals surface area contributed by atoms with Crippen molar-refractivity contribution in [1.82, 2.24) is 25.1 Å². The molecular formula is C24H29ClFN7O3S. The first-order valence-electron chi connectivity index (χ1n) is 12.2. The summed E-state index contributed by atoms with van der Waals surface area (Å²) in [5.41, 5.74) is 1.26. The van der Waals surface area contributed by atoms with Gasteiger partial charge in [-0.25, -0.2) is 17.8 Å². The molecule has 0 radical (unpaired) electrons. The van der Waals surface area contributed by atoms with E-state index in [0.717, 1.165) is 32.4 Å². The molecular weight excluding hydrogens is 521 g/mol. The molecule has 1 saturated carbocycles. The van der Waals surface area contributed by atoms with Crippen molar-refractivity contribution in [3.05, 3.63) is 40.9 Å². The molecule has 3 N–H and O–H groups in total. The van der Waals surface area contributed by atoms with Gasteiger partial charge in [-0.1, -0.05) is 11.6 Å². The molecule has 3 aromatic rings. The second-order valence-electron chi connectivity index (χ2n) is 9.63. The number of nitrogens with zero attached hydrogens (tertiary/aromatic N) is 4. The van der Waals surface area contributed by atoms with Crippen LogP contribution in [0.25, 0.3) is 0 Å². The average molecular weight is 550 g/mol. The van der Waals surface area contributed by atoms with Gasteiger partial charge in [0, 0.05) is 31.8 Å². The van der Waals surface area contributed by atoms with Crippen molar-refractivity contribution in [3.8, 4) is 5.75 Å². The SMILES string of the molecule is CC(C)S(=O)(=O)c1nn(C)cc1Nc1nc(Nc2cc(F)c(C3CCNC3)cc2OC2CC2)ncc1Cl. The number of sulfone groups is 1. The van der Waals surface area contributed by atoms with Gasteiger partial charge in [0.05, 0.1) is 28.9 Å². The Bertz CT molecular complexity index is 1420. The van der Waals surface area contributed by atoms with E-state index in [1.54, 1.807) is 27.0 Å². The molecule has 2 aliphatic rings. The molecule has 1 aliphatic carbocycles. The van der Waals surface area contributed by atoms with Crippen LogP contribution in [0.2, 0.25) is 5.02 Å². The fourth-order valence-corrected chi connectivity index (χ4v) is 5.35. The molecule has 1 atom stereocenters. The average Bonchev–Trinajstić information content (AvgIpc) is 3.33. The highest BCUT2D eigenvalue weighted by atomic mass is 35.5. The summed E-state index contributed by atoms with van der Waals surface area (Å²) in [4.78, 5) is 8.65. The minimum Gasteiger partial charge on any atom is -0.488 e. The number of aromatic nitrogens is 4. The molecule has 0 amide bonds. The summed E-state index contributed by atoms with van der Waals surface area (Å²) in [6.45, 7) is 4.75. The topological polar surface area (TPSA) is 123 Å². The molecule has 13 heteroatoms. The number of ether oxygens (including phenoxy) is 1. The Hall–Kier alpha value is -2.96. The molecule has 3 heterocycles. The van der Waals surface area contributed by atoms with E-state index in [4.69, 9.17) is 16.3 Å². The Kier molecular flexibility index (Phi) is 6.99. The second kappa shape index (κ2) is 10.1. The van der Waals surface area contributed by atoms with Crippen LogP contribution in [0.1, 0.15) is 44.6 Å². The van der Waals surface area contributed by atoms with Crippen molar-refractivity contribution in [1.29, 1.82) is 0 Å². The van der Waals surface area contributed by atoms with Gasteiger partial charge in [0.1, 0.15) is 16.6 Å². The molecule has 1 aliphatic heterocycles. The zero-order chi connectivity index (χ0) is 26.3. The van der Waals surface area contributed by atoms with Crippen molar-refractivity contribution in [2.45, 2.75) is 55.4 Å². The van der Waals surface area contributed by atoms with Crippen LogP contribution >= 0.6 is 11.6 Å². The molecule has 1 saturated heterocycles. The highest BCUT2D eigenvalue weighted by Gasteiger charge is 2.29. The minimum absolute atomic E-state index is 0.0917. The Morgan fingerprint density at radius 3 is 2.68 bits per heavy atom. The van der Waals surface area contributed by atoms with Crippen LogP contribution in [-0.4, -0.2) is 52.6 Å².